The fraction of sp³-hybridized carbons (Fsp3) is 0.750. The van der Waals surface area contributed by atoms with Crippen LogP contribution in [0.1, 0.15) is 27.2 Å². The maximum Gasteiger partial charge on any atom is 0.303 e. The normalized spacial score (nSPS) is 27.2. The molecule has 0 spiro atoms. The molecule has 1 aliphatic heterocycles. The lowest BCUT2D eigenvalue weighted by atomic mass is 10.0. The predicted octanol–water partition coefficient (Wildman–Crippen LogP) is 0.838. The first-order chi connectivity index (χ1) is 10.3. The van der Waals surface area contributed by atoms with Crippen LogP contribution >= 0.6 is 0 Å². The molecule has 1 fully saturated rings. The first-order valence-electron chi connectivity index (χ1n) is 6.51. The summed E-state index contributed by atoms with van der Waals surface area (Å²) in [5.74, 6) is -1.75. The number of esters is 3. The van der Waals surface area contributed by atoms with Crippen LogP contribution in [-0.4, -0.2) is 49.1 Å². The number of carbonyl (C=O) groups excluding carboxylic acids is 3. The maximum absolute atomic E-state index is 11.2. The molecule has 122 valence electrons. The van der Waals surface area contributed by atoms with Gasteiger partial charge in [0, 0.05) is 32.1 Å². The quantitative estimate of drug-likeness (QED) is 0.241. The number of carbonyl (C=O) groups is 3. The van der Waals surface area contributed by atoms with E-state index >= 15 is 0 Å². The molecule has 1 rings (SSSR count). The monoisotopic (exact) mass is 315 g/mol. The Hall–Kier alpha value is -2.32. The minimum Gasteiger partial charge on any atom is -0.463 e. The van der Waals surface area contributed by atoms with E-state index in [0.29, 0.717) is 0 Å². The Morgan fingerprint density at radius 2 is 1.82 bits per heavy atom. The van der Waals surface area contributed by atoms with E-state index < -0.39 is 42.4 Å². The van der Waals surface area contributed by atoms with Crippen molar-refractivity contribution in [3.63, 3.8) is 0 Å². The first kappa shape index (κ1) is 17.7. The number of rotatable bonds is 5. The van der Waals surface area contributed by atoms with E-state index in [2.05, 4.69) is 10.0 Å². The molecule has 10 heteroatoms. The van der Waals surface area contributed by atoms with Crippen molar-refractivity contribution in [1.29, 1.82) is 0 Å². The van der Waals surface area contributed by atoms with Crippen molar-refractivity contribution in [3.8, 4) is 0 Å². The second-order valence-electron chi connectivity index (χ2n) is 4.59. The lowest BCUT2D eigenvalue weighted by molar-refractivity contribution is -0.214. The van der Waals surface area contributed by atoms with Crippen LogP contribution in [0.4, 0.5) is 0 Å². The van der Waals surface area contributed by atoms with Gasteiger partial charge in [-0.1, -0.05) is 5.11 Å². The van der Waals surface area contributed by atoms with E-state index in [0.717, 1.165) is 0 Å². The summed E-state index contributed by atoms with van der Waals surface area (Å²) in [4.78, 5) is 36.0. The molecule has 0 aromatic heterocycles. The zero-order valence-electron chi connectivity index (χ0n) is 12.4. The number of hydrogen-bond donors (Lipinski definition) is 0. The standard InChI is InChI=1S/C12H17N3O7/c1-6(16)19-5-10-12(21-8(3)18)9(20-7(2)17)4-11(22-10)14-15-13/h9-12H,4-5H2,1-3H3/t9-,10-,11+,12+/m1/s1. The van der Waals surface area contributed by atoms with E-state index in [-0.39, 0.29) is 13.0 Å². The first-order valence-corrected chi connectivity index (χ1v) is 6.51. The Balaban J connectivity index is 2.96. The third-order valence-electron chi connectivity index (χ3n) is 2.75. The zero-order valence-corrected chi connectivity index (χ0v) is 12.4. The molecule has 10 nitrogen and oxygen atoms in total. The number of nitrogens with zero attached hydrogens (tertiary/aromatic N) is 3. The Morgan fingerprint density at radius 1 is 1.18 bits per heavy atom. The number of azide groups is 1. The average molecular weight is 315 g/mol. The van der Waals surface area contributed by atoms with Crippen molar-refractivity contribution < 1.29 is 33.3 Å². The lowest BCUT2D eigenvalue weighted by Gasteiger charge is -2.38. The highest BCUT2D eigenvalue weighted by atomic mass is 16.6. The molecule has 0 N–H and O–H groups in total. The second-order valence-corrected chi connectivity index (χ2v) is 4.59. The van der Waals surface area contributed by atoms with Gasteiger partial charge in [-0.15, -0.1) is 0 Å². The van der Waals surface area contributed by atoms with Gasteiger partial charge in [0.05, 0.1) is 0 Å². The fourth-order valence-corrected chi connectivity index (χ4v) is 2.04. The van der Waals surface area contributed by atoms with Crippen LogP contribution in [-0.2, 0) is 33.3 Å². The summed E-state index contributed by atoms with van der Waals surface area (Å²) in [6.45, 7) is 3.36. The summed E-state index contributed by atoms with van der Waals surface area (Å²) in [6.07, 6.45) is -3.65. The highest BCUT2D eigenvalue weighted by molar-refractivity contribution is 5.67. The predicted molar refractivity (Wildman–Crippen MR) is 70.2 cm³/mol. The van der Waals surface area contributed by atoms with Crippen LogP contribution in [0.15, 0.2) is 5.11 Å². The second kappa shape index (κ2) is 8.20. The molecule has 0 bridgehead atoms. The van der Waals surface area contributed by atoms with Gasteiger partial charge in [0.1, 0.15) is 25.0 Å². The molecule has 0 amide bonds. The van der Waals surface area contributed by atoms with Crippen molar-refractivity contribution in [1.82, 2.24) is 0 Å². The molecule has 0 aliphatic carbocycles. The van der Waals surface area contributed by atoms with Crippen molar-refractivity contribution in [2.24, 2.45) is 5.11 Å². The molecule has 1 aliphatic rings. The fourth-order valence-electron chi connectivity index (χ4n) is 2.04. The molecule has 0 aromatic carbocycles. The van der Waals surface area contributed by atoms with Crippen LogP contribution in [0.25, 0.3) is 10.4 Å². The van der Waals surface area contributed by atoms with Crippen LogP contribution in [0, 0.1) is 0 Å². The third kappa shape index (κ3) is 5.58. The third-order valence-corrected chi connectivity index (χ3v) is 2.75. The van der Waals surface area contributed by atoms with Gasteiger partial charge < -0.3 is 18.9 Å². The number of hydrogen-bond acceptors (Lipinski definition) is 8. The molecule has 0 saturated carbocycles. The topological polar surface area (TPSA) is 137 Å². The molecular formula is C12H17N3O7. The van der Waals surface area contributed by atoms with Gasteiger partial charge in [-0.05, 0) is 5.53 Å². The highest BCUT2D eigenvalue weighted by Crippen LogP contribution is 2.27. The van der Waals surface area contributed by atoms with Crippen molar-refractivity contribution >= 4 is 17.9 Å². The number of ether oxygens (including phenoxy) is 4. The lowest BCUT2D eigenvalue weighted by Crippen LogP contribution is -2.53. The molecule has 1 saturated heterocycles. The van der Waals surface area contributed by atoms with Gasteiger partial charge in [0.25, 0.3) is 0 Å². The minimum absolute atomic E-state index is 0.0260. The highest BCUT2D eigenvalue weighted by Gasteiger charge is 2.43. The van der Waals surface area contributed by atoms with Crippen LogP contribution in [0.3, 0.4) is 0 Å². The van der Waals surface area contributed by atoms with Crippen LogP contribution in [0.2, 0.25) is 0 Å². The van der Waals surface area contributed by atoms with Crippen molar-refractivity contribution in [2.45, 2.75) is 51.7 Å². The molecule has 22 heavy (non-hydrogen) atoms. The summed E-state index contributed by atoms with van der Waals surface area (Å²) in [5, 5.41) is 3.42. The molecule has 0 unspecified atom stereocenters. The Kier molecular flexibility index (Phi) is 6.61. The van der Waals surface area contributed by atoms with Gasteiger partial charge in [-0.3, -0.25) is 14.4 Å². The van der Waals surface area contributed by atoms with Crippen LogP contribution in [0.5, 0.6) is 0 Å². The van der Waals surface area contributed by atoms with E-state index in [9.17, 15) is 14.4 Å². The van der Waals surface area contributed by atoms with E-state index in [1.54, 1.807) is 0 Å². The van der Waals surface area contributed by atoms with Crippen LogP contribution < -0.4 is 0 Å². The molecular weight excluding hydrogens is 298 g/mol. The summed E-state index contributed by atoms with van der Waals surface area (Å²) in [6, 6.07) is 0. The Bertz CT molecular complexity index is 489. The minimum atomic E-state index is -0.967. The van der Waals surface area contributed by atoms with E-state index in [1.807, 2.05) is 0 Å². The Morgan fingerprint density at radius 3 is 2.32 bits per heavy atom. The average Bonchev–Trinajstić information content (AvgIpc) is 2.38. The van der Waals surface area contributed by atoms with E-state index in [4.69, 9.17) is 24.5 Å². The molecule has 1 heterocycles. The van der Waals surface area contributed by atoms with Gasteiger partial charge >= 0.3 is 17.9 Å². The van der Waals surface area contributed by atoms with Gasteiger partial charge in [0.2, 0.25) is 0 Å². The van der Waals surface area contributed by atoms with Gasteiger partial charge in [-0.25, -0.2) is 0 Å². The maximum atomic E-state index is 11.2. The van der Waals surface area contributed by atoms with Gasteiger partial charge in [0.15, 0.2) is 6.10 Å². The Labute approximate surface area is 126 Å². The molecule has 4 atom stereocenters. The molecule has 0 aromatic rings. The summed E-state index contributed by atoms with van der Waals surface area (Å²) in [5.41, 5.74) is 8.50. The molecule has 0 radical (unpaired) electrons. The summed E-state index contributed by atoms with van der Waals surface area (Å²) < 4.78 is 20.5. The zero-order chi connectivity index (χ0) is 16.7. The smallest absolute Gasteiger partial charge is 0.303 e. The SMILES string of the molecule is CC(=O)OC[C@H]1O[C@H](N=[N+]=[N-])C[C@@H](OC(C)=O)[C@@H]1OC(C)=O. The summed E-state index contributed by atoms with van der Waals surface area (Å²) >= 11 is 0. The van der Waals surface area contributed by atoms with Crippen molar-refractivity contribution in [2.75, 3.05) is 6.61 Å². The summed E-state index contributed by atoms with van der Waals surface area (Å²) in [7, 11) is 0. The van der Waals surface area contributed by atoms with Crippen molar-refractivity contribution in [3.05, 3.63) is 10.4 Å². The van der Waals surface area contributed by atoms with E-state index in [1.165, 1.54) is 20.8 Å². The largest absolute Gasteiger partial charge is 0.463 e. The van der Waals surface area contributed by atoms with Gasteiger partial charge in [-0.2, -0.15) is 0 Å².